The number of hydrogen-bond donors (Lipinski definition) is 3. The molecular weight excluding hydrogens is 316 g/mol. The minimum atomic E-state index is -0.440. The second-order valence-corrected chi connectivity index (χ2v) is 7.34. The second kappa shape index (κ2) is 7.70. The third-order valence-electron chi connectivity index (χ3n) is 3.91. The first kappa shape index (κ1) is 19.0. The van der Waals surface area contributed by atoms with Gasteiger partial charge in [0.1, 0.15) is 5.82 Å². The van der Waals surface area contributed by atoms with Crippen molar-refractivity contribution in [3.05, 3.63) is 41.6 Å². The number of aliphatic hydroxyl groups excluding tert-OH is 1. The summed E-state index contributed by atoms with van der Waals surface area (Å²) in [6.07, 6.45) is 0.0711. The number of nitrogens with zero attached hydrogens (tertiary/aromatic N) is 2. The maximum absolute atomic E-state index is 12.2. The average molecular weight is 344 g/mol. The number of rotatable bonds is 5. The molecule has 1 heterocycles. The van der Waals surface area contributed by atoms with Crippen molar-refractivity contribution in [3.63, 3.8) is 0 Å². The van der Waals surface area contributed by atoms with Gasteiger partial charge >= 0.3 is 6.03 Å². The zero-order valence-electron chi connectivity index (χ0n) is 15.6. The van der Waals surface area contributed by atoms with E-state index in [-0.39, 0.29) is 11.4 Å². The van der Waals surface area contributed by atoms with Crippen molar-refractivity contribution in [1.82, 2.24) is 15.1 Å². The van der Waals surface area contributed by atoms with Crippen molar-refractivity contribution in [2.75, 3.05) is 11.9 Å². The highest BCUT2D eigenvalue weighted by atomic mass is 16.3. The van der Waals surface area contributed by atoms with Crippen molar-refractivity contribution in [2.24, 2.45) is 0 Å². The van der Waals surface area contributed by atoms with Crippen LogP contribution in [0.25, 0.3) is 5.69 Å². The molecule has 1 aromatic heterocycles. The SMILES string of the molecule is Cc1c(C(C)(C)C)nn(-c2ccccc2)c1NC(=O)NCCC(C)O. The molecule has 0 radical (unpaired) electrons. The zero-order chi connectivity index (χ0) is 18.6. The van der Waals surface area contributed by atoms with Gasteiger partial charge in [-0.3, -0.25) is 5.32 Å². The van der Waals surface area contributed by atoms with E-state index in [1.165, 1.54) is 0 Å². The summed E-state index contributed by atoms with van der Waals surface area (Å²) < 4.78 is 1.77. The number of carbonyl (C=O) groups is 1. The van der Waals surface area contributed by atoms with E-state index >= 15 is 0 Å². The Kier molecular flexibility index (Phi) is 5.85. The molecule has 0 aliphatic rings. The Bertz CT molecular complexity index is 715. The van der Waals surface area contributed by atoms with Gasteiger partial charge in [0.05, 0.1) is 17.5 Å². The molecule has 2 rings (SSSR count). The van der Waals surface area contributed by atoms with Crippen molar-refractivity contribution in [2.45, 2.75) is 52.6 Å². The van der Waals surface area contributed by atoms with Crippen LogP contribution in [0.5, 0.6) is 0 Å². The molecule has 0 fully saturated rings. The number of anilines is 1. The quantitative estimate of drug-likeness (QED) is 0.778. The monoisotopic (exact) mass is 344 g/mol. The molecule has 6 heteroatoms. The van der Waals surface area contributed by atoms with E-state index in [4.69, 9.17) is 5.10 Å². The van der Waals surface area contributed by atoms with Crippen LogP contribution in [0.4, 0.5) is 10.6 Å². The number of benzene rings is 1. The van der Waals surface area contributed by atoms with Gasteiger partial charge in [0.25, 0.3) is 0 Å². The molecule has 1 unspecified atom stereocenters. The lowest BCUT2D eigenvalue weighted by Crippen LogP contribution is -2.31. The Morgan fingerprint density at radius 2 is 1.92 bits per heavy atom. The van der Waals surface area contributed by atoms with Crippen LogP contribution < -0.4 is 10.6 Å². The van der Waals surface area contributed by atoms with Gasteiger partial charge in [-0.2, -0.15) is 5.10 Å². The summed E-state index contributed by atoms with van der Waals surface area (Å²) in [7, 11) is 0. The largest absolute Gasteiger partial charge is 0.393 e. The predicted molar refractivity (Wildman–Crippen MR) is 100 cm³/mol. The van der Waals surface area contributed by atoms with E-state index in [2.05, 4.69) is 31.4 Å². The number of hydrogen-bond acceptors (Lipinski definition) is 3. The summed E-state index contributed by atoms with van der Waals surface area (Å²) in [5.41, 5.74) is 2.64. The molecule has 0 spiro atoms. The normalized spacial score (nSPS) is 12.7. The Labute approximate surface area is 149 Å². The Balaban J connectivity index is 2.32. The molecule has 1 atom stereocenters. The van der Waals surface area contributed by atoms with Crippen LogP contribution in [0.1, 0.15) is 45.4 Å². The lowest BCUT2D eigenvalue weighted by atomic mass is 9.90. The number of urea groups is 1. The number of nitrogens with one attached hydrogen (secondary N) is 2. The average Bonchev–Trinajstić information content (AvgIpc) is 2.85. The van der Waals surface area contributed by atoms with Gasteiger partial charge in [-0.05, 0) is 32.4 Å². The van der Waals surface area contributed by atoms with Crippen LogP contribution in [-0.4, -0.2) is 33.6 Å². The van der Waals surface area contributed by atoms with Crippen molar-refractivity contribution in [3.8, 4) is 5.69 Å². The Morgan fingerprint density at radius 3 is 2.48 bits per heavy atom. The molecule has 2 aromatic rings. The minimum Gasteiger partial charge on any atom is -0.393 e. The summed E-state index contributed by atoms with van der Waals surface area (Å²) >= 11 is 0. The fourth-order valence-corrected chi connectivity index (χ4v) is 2.66. The van der Waals surface area contributed by atoms with Crippen LogP contribution in [0.3, 0.4) is 0 Å². The smallest absolute Gasteiger partial charge is 0.320 e. The van der Waals surface area contributed by atoms with Gasteiger partial charge in [0, 0.05) is 17.5 Å². The van der Waals surface area contributed by atoms with Crippen molar-refractivity contribution >= 4 is 11.8 Å². The Hall–Kier alpha value is -2.34. The molecule has 0 saturated carbocycles. The molecule has 0 bridgehead atoms. The van der Waals surface area contributed by atoms with Gasteiger partial charge in [0.15, 0.2) is 0 Å². The first-order valence-corrected chi connectivity index (χ1v) is 8.58. The zero-order valence-corrected chi connectivity index (χ0v) is 15.6. The lowest BCUT2D eigenvalue weighted by Gasteiger charge is -2.16. The van der Waals surface area contributed by atoms with Gasteiger partial charge in [-0.25, -0.2) is 9.48 Å². The second-order valence-electron chi connectivity index (χ2n) is 7.34. The first-order valence-electron chi connectivity index (χ1n) is 8.58. The highest BCUT2D eigenvalue weighted by Gasteiger charge is 2.25. The van der Waals surface area contributed by atoms with E-state index in [9.17, 15) is 9.90 Å². The van der Waals surface area contributed by atoms with Crippen LogP contribution in [0.15, 0.2) is 30.3 Å². The number of carbonyl (C=O) groups excluding carboxylic acids is 1. The van der Waals surface area contributed by atoms with Crippen LogP contribution in [0, 0.1) is 6.92 Å². The molecule has 2 amide bonds. The first-order chi connectivity index (χ1) is 11.7. The molecule has 3 N–H and O–H groups in total. The molecular formula is C19H28N4O2. The van der Waals surface area contributed by atoms with Gasteiger partial charge in [0.2, 0.25) is 0 Å². The molecule has 6 nitrogen and oxygen atoms in total. The summed E-state index contributed by atoms with van der Waals surface area (Å²) in [5, 5.41) is 19.7. The maximum Gasteiger partial charge on any atom is 0.320 e. The maximum atomic E-state index is 12.2. The summed E-state index contributed by atoms with van der Waals surface area (Å²) in [6, 6.07) is 9.43. The number of aromatic nitrogens is 2. The molecule has 0 aliphatic heterocycles. The fraction of sp³-hybridized carbons (Fsp3) is 0.474. The van der Waals surface area contributed by atoms with Crippen LogP contribution in [-0.2, 0) is 5.41 Å². The topological polar surface area (TPSA) is 79.2 Å². The summed E-state index contributed by atoms with van der Waals surface area (Å²) in [4.78, 5) is 12.2. The molecule has 0 saturated heterocycles. The van der Waals surface area contributed by atoms with Gasteiger partial charge < -0.3 is 10.4 Å². The summed E-state index contributed by atoms with van der Waals surface area (Å²) in [5.74, 6) is 0.658. The van der Waals surface area contributed by atoms with Crippen LogP contribution in [0.2, 0.25) is 0 Å². The van der Waals surface area contributed by atoms with E-state index in [1.807, 2.05) is 37.3 Å². The third-order valence-corrected chi connectivity index (χ3v) is 3.91. The predicted octanol–water partition coefficient (Wildman–Crippen LogP) is 3.37. The highest BCUT2D eigenvalue weighted by molar-refractivity contribution is 5.89. The number of aliphatic hydroxyl groups is 1. The molecule has 136 valence electrons. The van der Waals surface area contributed by atoms with E-state index in [0.29, 0.717) is 18.8 Å². The molecule has 25 heavy (non-hydrogen) atoms. The molecule has 1 aromatic carbocycles. The van der Waals surface area contributed by atoms with E-state index < -0.39 is 6.10 Å². The minimum absolute atomic E-state index is 0.136. The van der Waals surface area contributed by atoms with Crippen LogP contribution >= 0.6 is 0 Å². The summed E-state index contributed by atoms with van der Waals surface area (Å²) in [6.45, 7) is 10.4. The highest BCUT2D eigenvalue weighted by Crippen LogP contribution is 2.31. The van der Waals surface area contributed by atoms with E-state index in [1.54, 1.807) is 11.6 Å². The number of para-hydroxylation sites is 1. The van der Waals surface area contributed by atoms with Gasteiger partial charge in [-0.15, -0.1) is 0 Å². The van der Waals surface area contributed by atoms with Crippen molar-refractivity contribution < 1.29 is 9.90 Å². The third kappa shape index (κ3) is 4.82. The standard InChI is InChI=1S/C19H28N4O2/c1-13(24)11-12-20-18(25)21-17-14(2)16(19(3,4)5)22-23(17)15-9-7-6-8-10-15/h6-10,13,24H,11-12H2,1-5H3,(H2,20,21,25). The van der Waals surface area contributed by atoms with Crippen molar-refractivity contribution in [1.29, 1.82) is 0 Å². The molecule has 0 aliphatic carbocycles. The van der Waals surface area contributed by atoms with Gasteiger partial charge in [-0.1, -0.05) is 39.0 Å². The lowest BCUT2D eigenvalue weighted by molar-refractivity contribution is 0.184. The van der Waals surface area contributed by atoms with E-state index in [0.717, 1.165) is 16.9 Å². The Morgan fingerprint density at radius 1 is 1.28 bits per heavy atom. The number of amides is 2. The fourth-order valence-electron chi connectivity index (χ4n) is 2.66.